The van der Waals surface area contributed by atoms with Gasteiger partial charge in [-0.15, -0.1) is 0 Å². The smallest absolute Gasteiger partial charge is 0.165 e. The highest BCUT2D eigenvalue weighted by atomic mass is 16.5. The van der Waals surface area contributed by atoms with Crippen LogP contribution in [-0.4, -0.2) is 32.7 Å². The fraction of sp³-hybridized carbons (Fsp3) is 0.389. The third-order valence-corrected chi connectivity index (χ3v) is 4.90. The number of benzene rings is 1. The molecule has 3 heterocycles. The van der Waals surface area contributed by atoms with Gasteiger partial charge in [0.1, 0.15) is 17.6 Å². The Balaban J connectivity index is 1.40. The van der Waals surface area contributed by atoms with Gasteiger partial charge in [0.2, 0.25) is 0 Å². The van der Waals surface area contributed by atoms with Gasteiger partial charge >= 0.3 is 0 Å². The Hall–Kier alpha value is -2.63. The van der Waals surface area contributed by atoms with E-state index in [1.54, 1.807) is 6.33 Å². The summed E-state index contributed by atoms with van der Waals surface area (Å²) in [6.45, 7) is 1.58. The average Bonchev–Trinajstić information content (AvgIpc) is 3.38. The van der Waals surface area contributed by atoms with E-state index in [-0.39, 0.29) is 0 Å². The van der Waals surface area contributed by atoms with E-state index in [2.05, 4.69) is 37.0 Å². The lowest BCUT2D eigenvalue weighted by Gasteiger charge is -2.26. The Labute approximate surface area is 139 Å². The van der Waals surface area contributed by atoms with E-state index >= 15 is 0 Å². The third-order valence-electron chi connectivity index (χ3n) is 4.90. The Morgan fingerprint density at radius 3 is 2.96 bits per heavy atom. The standard InChI is InChI=1S/C18H19N5O/c1-2-4-15-14(3-1)12(7-8-24-15)9-19-17-16-18(21-10-20-17)23(11-22-16)13-5-6-13/h1-4,10-13H,5-9H2,(H,19,20,21). The van der Waals surface area contributed by atoms with Gasteiger partial charge in [0.25, 0.3) is 0 Å². The molecule has 1 unspecified atom stereocenters. The lowest BCUT2D eigenvalue weighted by atomic mass is 9.93. The summed E-state index contributed by atoms with van der Waals surface area (Å²) in [5.74, 6) is 2.25. The molecule has 1 aliphatic heterocycles. The number of nitrogens with zero attached hydrogens (tertiary/aromatic N) is 4. The number of para-hydroxylation sites is 1. The fourth-order valence-electron chi connectivity index (χ4n) is 3.45. The number of anilines is 1. The molecule has 3 aromatic rings. The summed E-state index contributed by atoms with van der Waals surface area (Å²) in [4.78, 5) is 13.4. The first kappa shape index (κ1) is 13.8. The summed E-state index contributed by atoms with van der Waals surface area (Å²) >= 11 is 0. The highest BCUT2D eigenvalue weighted by Crippen LogP contribution is 2.37. The SMILES string of the molecule is c1ccc2c(c1)OCCC2CNc1ncnc2c1ncn2C1CC1. The second kappa shape index (κ2) is 5.47. The first-order valence-corrected chi connectivity index (χ1v) is 8.53. The number of aromatic nitrogens is 4. The molecular formula is C18H19N5O. The highest BCUT2D eigenvalue weighted by molar-refractivity contribution is 5.82. The zero-order valence-corrected chi connectivity index (χ0v) is 13.4. The van der Waals surface area contributed by atoms with Gasteiger partial charge < -0.3 is 14.6 Å². The minimum atomic E-state index is 0.422. The van der Waals surface area contributed by atoms with Crippen molar-refractivity contribution in [3.05, 3.63) is 42.5 Å². The number of ether oxygens (including phenoxy) is 1. The molecule has 1 N–H and O–H groups in total. The van der Waals surface area contributed by atoms with E-state index in [1.165, 1.54) is 18.4 Å². The molecule has 1 aliphatic carbocycles. The van der Waals surface area contributed by atoms with Crippen molar-refractivity contribution in [3.8, 4) is 5.75 Å². The van der Waals surface area contributed by atoms with Crippen molar-refractivity contribution in [2.24, 2.45) is 0 Å². The molecule has 1 aromatic carbocycles. The van der Waals surface area contributed by atoms with Gasteiger partial charge in [0.05, 0.1) is 12.9 Å². The summed E-state index contributed by atoms with van der Waals surface area (Å²) in [6.07, 6.45) is 6.97. The van der Waals surface area contributed by atoms with E-state index < -0.39 is 0 Å². The predicted molar refractivity (Wildman–Crippen MR) is 91.4 cm³/mol. The molecule has 0 spiro atoms. The molecule has 1 atom stereocenters. The topological polar surface area (TPSA) is 64.9 Å². The number of hydrogen-bond acceptors (Lipinski definition) is 5. The molecule has 0 amide bonds. The zero-order chi connectivity index (χ0) is 15.9. The van der Waals surface area contributed by atoms with Crippen molar-refractivity contribution in [1.29, 1.82) is 0 Å². The van der Waals surface area contributed by atoms with Crippen LogP contribution in [0.15, 0.2) is 36.9 Å². The van der Waals surface area contributed by atoms with Gasteiger partial charge in [0, 0.05) is 18.5 Å². The fourth-order valence-corrected chi connectivity index (χ4v) is 3.45. The zero-order valence-electron chi connectivity index (χ0n) is 13.4. The van der Waals surface area contributed by atoms with Crippen LogP contribution in [0.3, 0.4) is 0 Å². The lowest BCUT2D eigenvalue weighted by Crippen LogP contribution is -2.21. The molecule has 6 nitrogen and oxygen atoms in total. The largest absolute Gasteiger partial charge is 0.493 e. The number of imidazole rings is 1. The average molecular weight is 321 g/mol. The van der Waals surface area contributed by atoms with Crippen LogP contribution in [-0.2, 0) is 0 Å². The van der Waals surface area contributed by atoms with E-state index in [1.807, 2.05) is 18.5 Å². The van der Waals surface area contributed by atoms with Crippen molar-refractivity contribution in [2.45, 2.75) is 31.2 Å². The Morgan fingerprint density at radius 2 is 2.04 bits per heavy atom. The maximum absolute atomic E-state index is 5.74. The quantitative estimate of drug-likeness (QED) is 0.800. The minimum absolute atomic E-state index is 0.422. The van der Waals surface area contributed by atoms with E-state index in [0.29, 0.717) is 12.0 Å². The molecule has 2 aliphatic rings. The lowest BCUT2D eigenvalue weighted by molar-refractivity contribution is 0.270. The normalized spacial score (nSPS) is 19.8. The van der Waals surface area contributed by atoms with Crippen LogP contribution in [0, 0.1) is 0 Å². The van der Waals surface area contributed by atoms with E-state index in [0.717, 1.165) is 42.3 Å². The third kappa shape index (κ3) is 2.29. The molecule has 1 fully saturated rings. The summed E-state index contributed by atoms with van der Waals surface area (Å²) in [7, 11) is 0. The van der Waals surface area contributed by atoms with Gasteiger partial charge in [-0.25, -0.2) is 15.0 Å². The van der Waals surface area contributed by atoms with Crippen LogP contribution >= 0.6 is 0 Å². The molecule has 0 bridgehead atoms. The predicted octanol–water partition coefficient (Wildman–Crippen LogP) is 3.14. The van der Waals surface area contributed by atoms with Gasteiger partial charge in [-0.1, -0.05) is 18.2 Å². The van der Waals surface area contributed by atoms with Crippen molar-refractivity contribution in [3.63, 3.8) is 0 Å². The van der Waals surface area contributed by atoms with Crippen LogP contribution in [0.1, 0.15) is 36.8 Å². The number of hydrogen-bond donors (Lipinski definition) is 1. The number of nitrogens with one attached hydrogen (secondary N) is 1. The van der Waals surface area contributed by atoms with Crippen LogP contribution in [0.5, 0.6) is 5.75 Å². The van der Waals surface area contributed by atoms with Crippen molar-refractivity contribution < 1.29 is 4.74 Å². The molecule has 5 rings (SSSR count). The van der Waals surface area contributed by atoms with Crippen LogP contribution in [0.25, 0.3) is 11.2 Å². The summed E-state index contributed by atoms with van der Waals surface area (Å²) in [5.41, 5.74) is 3.07. The van der Waals surface area contributed by atoms with Crippen LogP contribution in [0.4, 0.5) is 5.82 Å². The Kier molecular flexibility index (Phi) is 3.14. The van der Waals surface area contributed by atoms with Gasteiger partial charge in [-0.05, 0) is 30.9 Å². The first-order chi connectivity index (χ1) is 11.9. The molecule has 24 heavy (non-hydrogen) atoms. The summed E-state index contributed by atoms with van der Waals surface area (Å²) in [6, 6.07) is 8.86. The van der Waals surface area contributed by atoms with Gasteiger partial charge in [-0.2, -0.15) is 0 Å². The molecule has 122 valence electrons. The summed E-state index contributed by atoms with van der Waals surface area (Å²) in [5, 5.41) is 3.49. The molecule has 0 radical (unpaired) electrons. The van der Waals surface area contributed by atoms with Crippen molar-refractivity contribution in [2.75, 3.05) is 18.5 Å². The number of rotatable bonds is 4. The minimum Gasteiger partial charge on any atom is -0.493 e. The van der Waals surface area contributed by atoms with Crippen molar-refractivity contribution >= 4 is 17.0 Å². The number of fused-ring (bicyclic) bond motifs is 2. The van der Waals surface area contributed by atoms with E-state index in [4.69, 9.17) is 4.74 Å². The second-order valence-corrected chi connectivity index (χ2v) is 6.53. The molecule has 2 aromatic heterocycles. The molecule has 1 saturated carbocycles. The van der Waals surface area contributed by atoms with Crippen molar-refractivity contribution in [1.82, 2.24) is 19.5 Å². The van der Waals surface area contributed by atoms with Crippen LogP contribution < -0.4 is 10.1 Å². The first-order valence-electron chi connectivity index (χ1n) is 8.53. The maximum atomic E-state index is 5.74. The summed E-state index contributed by atoms with van der Waals surface area (Å²) < 4.78 is 7.92. The maximum Gasteiger partial charge on any atom is 0.165 e. The highest BCUT2D eigenvalue weighted by Gasteiger charge is 2.26. The van der Waals surface area contributed by atoms with E-state index in [9.17, 15) is 0 Å². The second-order valence-electron chi connectivity index (χ2n) is 6.53. The van der Waals surface area contributed by atoms with Gasteiger partial charge in [0.15, 0.2) is 11.5 Å². The molecule has 6 heteroatoms. The Bertz CT molecular complexity index is 886. The Morgan fingerprint density at radius 1 is 1.12 bits per heavy atom. The monoisotopic (exact) mass is 321 g/mol. The molecular weight excluding hydrogens is 302 g/mol. The van der Waals surface area contributed by atoms with Gasteiger partial charge in [-0.3, -0.25) is 0 Å². The van der Waals surface area contributed by atoms with Crippen LogP contribution in [0.2, 0.25) is 0 Å². The molecule has 0 saturated heterocycles.